The van der Waals surface area contributed by atoms with E-state index in [0.717, 1.165) is 25.1 Å². The van der Waals surface area contributed by atoms with E-state index in [1.54, 1.807) is 12.1 Å². The number of nitrogens with zero attached hydrogens (tertiary/aromatic N) is 2. The van der Waals surface area contributed by atoms with E-state index in [2.05, 4.69) is 24.2 Å². The van der Waals surface area contributed by atoms with Crippen molar-refractivity contribution >= 4 is 11.4 Å². The molecule has 0 spiro atoms. The lowest BCUT2D eigenvalue weighted by Gasteiger charge is -2.35. The Labute approximate surface area is 118 Å². The maximum atomic E-state index is 10.9. The number of nitro benzene ring substituents is 1. The summed E-state index contributed by atoms with van der Waals surface area (Å²) in [6, 6.07) is 5.86. The molecule has 0 bridgehead atoms. The predicted molar refractivity (Wildman–Crippen MR) is 78.4 cm³/mol. The van der Waals surface area contributed by atoms with Crippen molar-refractivity contribution in [1.82, 2.24) is 4.90 Å². The largest absolute Gasteiger partial charge is 0.490 e. The molecule has 1 fully saturated rings. The first kappa shape index (κ1) is 14.6. The molecule has 1 N–H and O–H groups in total. The van der Waals surface area contributed by atoms with Gasteiger partial charge in [0.1, 0.15) is 0 Å². The molecule has 1 aliphatic rings. The average molecular weight is 279 g/mol. The quantitative estimate of drug-likeness (QED) is 0.677. The number of nitro groups is 1. The topological polar surface area (TPSA) is 67.6 Å². The summed E-state index contributed by atoms with van der Waals surface area (Å²) in [7, 11) is 3.58. The third kappa shape index (κ3) is 3.19. The monoisotopic (exact) mass is 279 g/mol. The van der Waals surface area contributed by atoms with E-state index in [9.17, 15) is 10.1 Å². The molecule has 0 aromatic heterocycles. The van der Waals surface area contributed by atoms with Crippen molar-refractivity contribution in [3.05, 3.63) is 28.3 Å². The summed E-state index contributed by atoms with van der Waals surface area (Å²) in [6.07, 6.45) is 2.13. The molecule has 110 valence electrons. The van der Waals surface area contributed by atoms with Crippen LogP contribution < -0.4 is 10.1 Å². The molecule has 6 nitrogen and oxygen atoms in total. The molecular formula is C14H21N3O3. The van der Waals surface area contributed by atoms with Crippen LogP contribution >= 0.6 is 0 Å². The van der Waals surface area contributed by atoms with Crippen LogP contribution in [0.5, 0.6) is 5.75 Å². The number of benzene rings is 1. The van der Waals surface area contributed by atoms with Gasteiger partial charge in [0.2, 0.25) is 0 Å². The number of piperidine rings is 1. The molecular weight excluding hydrogens is 258 g/mol. The number of hydrogen-bond donors (Lipinski definition) is 1. The van der Waals surface area contributed by atoms with Gasteiger partial charge in [-0.2, -0.15) is 0 Å². The van der Waals surface area contributed by atoms with Crippen molar-refractivity contribution < 1.29 is 9.66 Å². The summed E-state index contributed by atoms with van der Waals surface area (Å²) in [5.41, 5.74) is 0.865. The highest BCUT2D eigenvalue weighted by Gasteiger charge is 2.23. The molecule has 20 heavy (non-hydrogen) atoms. The van der Waals surface area contributed by atoms with Gasteiger partial charge < -0.3 is 15.0 Å². The second-order valence-electron chi connectivity index (χ2n) is 5.34. The molecule has 1 aromatic rings. The highest BCUT2D eigenvalue weighted by atomic mass is 16.6. The van der Waals surface area contributed by atoms with Gasteiger partial charge in [0.25, 0.3) is 0 Å². The highest BCUT2D eigenvalue weighted by molar-refractivity contribution is 5.58. The zero-order valence-corrected chi connectivity index (χ0v) is 12.1. The van der Waals surface area contributed by atoms with Gasteiger partial charge in [-0.05, 0) is 32.9 Å². The number of likely N-dealkylation sites (tertiary alicyclic amines) is 1. The molecule has 0 saturated carbocycles. The Morgan fingerprint density at radius 3 is 2.85 bits per heavy atom. The van der Waals surface area contributed by atoms with Gasteiger partial charge in [0.05, 0.1) is 12.0 Å². The fraction of sp³-hybridized carbons (Fsp3) is 0.571. The fourth-order valence-electron chi connectivity index (χ4n) is 2.57. The Bertz CT molecular complexity index is 493. The van der Waals surface area contributed by atoms with Crippen LogP contribution in [-0.2, 0) is 0 Å². The second-order valence-corrected chi connectivity index (χ2v) is 5.34. The molecule has 1 heterocycles. The molecule has 0 aliphatic carbocycles. The molecule has 2 atom stereocenters. The number of rotatable bonds is 4. The predicted octanol–water partition coefficient (Wildman–Crippen LogP) is 2.50. The maximum Gasteiger partial charge on any atom is 0.311 e. The first-order valence-electron chi connectivity index (χ1n) is 6.80. The van der Waals surface area contributed by atoms with Crippen LogP contribution in [0.4, 0.5) is 11.4 Å². The Hall–Kier alpha value is -1.82. The SMILES string of the molecule is COc1cc(NC2CCN(C)C(C)C2)ccc1[N+](=O)[O-]. The lowest BCUT2D eigenvalue weighted by Crippen LogP contribution is -2.42. The zero-order valence-electron chi connectivity index (χ0n) is 12.1. The number of hydrogen-bond acceptors (Lipinski definition) is 5. The van der Waals surface area contributed by atoms with Crippen LogP contribution in [0.3, 0.4) is 0 Å². The van der Waals surface area contributed by atoms with Crippen LogP contribution in [0.2, 0.25) is 0 Å². The van der Waals surface area contributed by atoms with Gasteiger partial charge in [0, 0.05) is 36.4 Å². The van der Waals surface area contributed by atoms with E-state index < -0.39 is 4.92 Å². The third-order valence-electron chi connectivity index (χ3n) is 3.96. The first-order chi connectivity index (χ1) is 9.51. The number of methoxy groups -OCH3 is 1. The van der Waals surface area contributed by atoms with Crippen molar-refractivity contribution in [3.63, 3.8) is 0 Å². The van der Waals surface area contributed by atoms with E-state index >= 15 is 0 Å². The maximum absolute atomic E-state index is 10.9. The summed E-state index contributed by atoms with van der Waals surface area (Å²) in [5, 5.41) is 14.3. The minimum atomic E-state index is -0.430. The third-order valence-corrected chi connectivity index (χ3v) is 3.96. The lowest BCUT2D eigenvalue weighted by molar-refractivity contribution is -0.385. The van der Waals surface area contributed by atoms with Crippen molar-refractivity contribution in [2.45, 2.75) is 31.8 Å². The Kier molecular flexibility index (Phi) is 4.44. The van der Waals surface area contributed by atoms with Crippen LogP contribution in [-0.4, -0.2) is 42.6 Å². The Balaban J connectivity index is 2.08. The number of anilines is 1. The van der Waals surface area contributed by atoms with E-state index in [1.165, 1.54) is 13.2 Å². The molecule has 2 unspecified atom stereocenters. The van der Waals surface area contributed by atoms with Crippen LogP contribution in [0, 0.1) is 10.1 Å². The van der Waals surface area contributed by atoms with E-state index in [-0.39, 0.29) is 5.69 Å². The van der Waals surface area contributed by atoms with Crippen LogP contribution in [0.15, 0.2) is 18.2 Å². The second kappa shape index (κ2) is 6.09. The summed E-state index contributed by atoms with van der Waals surface area (Å²) < 4.78 is 5.08. The van der Waals surface area contributed by atoms with E-state index in [1.807, 2.05) is 0 Å². The molecule has 6 heteroatoms. The minimum Gasteiger partial charge on any atom is -0.490 e. The summed E-state index contributed by atoms with van der Waals surface area (Å²) in [4.78, 5) is 12.8. The van der Waals surface area contributed by atoms with Gasteiger partial charge in [-0.3, -0.25) is 10.1 Å². The van der Waals surface area contributed by atoms with Gasteiger partial charge in [-0.1, -0.05) is 0 Å². The van der Waals surface area contributed by atoms with Gasteiger partial charge in [0.15, 0.2) is 5.75 Å². The smallest absolute Gasteiger partial charge is 0.311 e. The van der Waals surface area contributed by atoms with Crippen LogP contribution in [0.25, 0.3) is 0 Å². The van der Waals surface area contributed by atoms with Gasteiger partial charge in [-0.25, -0.2) is 0 Å². The fourth-order valence-corrected chi connectivity index (χ4v) is 2.57. The molecule has 1 aromatic carbocycles. The van der Waals surface area contributed by atoms with Crippen molar-refractivity contribution in [3.8, 4) is 5.75 Å². The van der Waals surface area contributed by atoms with Crippen molar-refractivity contribution in [1.29, 1.82) is 0 Å². The molecule has 2 rings (SSSR count). The van der Waals surface area contributed by atoms with Crippen LogP contribution in [0.1, 0.15) is 19.8 Å². The standard InChI is InChI=1S/C14H21N3O3/c1-10-8-12(6-7-16(10)2)15-11-4-5-13(17(18)19)14(9-11)20-3/h4-5,9-10,12,15H,6-8H2,1-3H3. The highest BCUT2D eigenvalue weighted by Crippen LogP contribution is 2.30. The molecule has 1 saturated heterocycles. The van der Waals surface area contributed by atoms with Gasteiger partial charge in [-0.15, -0.1) is 0 Å². The molecule has 0 amide bonds. The molecule has 1 aliphatic heterocycles. The molecule has 0 radical (unpaired) electrons. The number of nitrogens with one attached hydrogen (secondary N) is 1. The van der Waals surface area contributed by atoms with E-state index in [4.69, 9.17) is 4.74 Å². The van der Waals surface area contributed by atoms with Crippen molar-refractivity contribution in [2.24, 2.45) is 0 Å². The first-order valence-corrected chi connectivity index (χ1v) is 6.80. The Morgan fingerprint density at radius 1 is 1.50 bits per heavy atom. The average Bonchev–Trinajstić information content (AvgIpc) is 2.42. The minimum absolute atomic E-state index is 0.00482. The van der Waals surface area contributed by atoms with Gasteiger partial charge >= 0.3 is 5.69 Å². The van der Waals surface area contributed by atoms with E-state index in [0.29, 0.717) is 17.8 Å². The van der Waals surface area contributed by atoms with Crippen molar-refractivity contribution in [2.75, 3.05) is 26.0 Å². The summed E-state index contributed by atoms with van der Waals surface area (Å²) in [6.45, 7) is 3.27. The Morgan fingerprint density at radius 2 is 2.25 bits per heavy atom. The lowest BCUT2D eigenvalue weighted by atomic mass is 9.98. The summed E-state index contributed by atoms with van der Waals surface area (Å²) in [5.74, 6) is 0.293. The normalized spacial score (nSPS) is 23.4. The number of ether oxygens (including phenoxy) is 1. The zero-order chi connectivity index (χ0) is 14.7. The summed E-state index contributed by atoms with van der Waals surface area (Å²) >= 11 is 0.